The number of alkyl halides is 3. The second kappa shape index (κ2) is 8.13. The van der Waals surface area contributed by atoms with Crippen LogP contribution in [-0.2, 0) is 4.74 Å². The van der Waals surface area contributed by atoms with Crippen LogP contribution in [0.4, 0.5) is 13.2 Å². The van der Waals surface area contributed by atoms with Crippen molar-refractivity contribution < 1.29 is 17.9 Å². The van der Waals surface area contributed by atoms with Gasteiger partial charge in [0.15, 0.2) is 0 Å². The van der Waals surface area contributed by atoms with Gasteiger partial charge in [-0.1, -0.05) is 0 Å². The Hall–Kier alpha value is -0.0400. The molecule has 1 aliphatic rings. The highest BCUT2D eigenvalue weighted by atomic mass is 35.5. The summed E-state index contributed by atoms with van der Waals surface area (Å²) < 4.78 is 39.9. The fourth-order valence-corrected chi connectivity index (χ4v) is 1.93. The number of rotatable bonds is 5. The van der Waals surface area contributed by atoms with E-state index < -0.39 is 12.8 Å². The van der Waals surface area contributed by atoms with Crippen molar-refractivity contribution in [2.24, 2.45) is 11.7 Å². The number of hydrogen-bond donors (Lipinski definition) is 1. The van der Waals surface area contributed by atoms with Gasteiger partial charge in [0.05, 0.1) is 6.61 Å². The van der Waals surface area contributed by atoms with Gasteiger partial charge in [-0.05, 0) is 31.8 Å². The smallest absolute Gasteiger partial charge is 0.371 e. The average molecular weight is 277 g/mol. The molecular formula is C10H20ClF3N2O. The van der Waals surface area contributed by atoms with E-state index in [1.165, 1.54) is 0 Å². The molecule has 1 fully saturated rings. The van der Waals surface area contributed by atoms with Crippen molar-refractivity contribution >= 4 is 12.4 Å². The Morgan fingerprint density at radius 1 is 1.35 bits per heavy atom. The predicted molar refractivity (Wildman–Crippen MR) is 62.3 cm³/mol. The molecule has 17 heavy (non-hydrogen) atoms. The van der Waals surface area contributed by atoms with Crippen LogP contribution in [0.15, 0.2) is 0 Å². The van der Waals surface area contributed by atoms with Crippen molar-refractivity contribution in [1.82, 2.24) is 4.90 Å². The highest BCUT2D eigenvalue weighted by Crippen LogP contribution is 2.16. The Bertz CT molecular complexity index is 204. The van der Waals surface area contributed by atoms with E-state index in [4.69, 9.17) is 5.73 Å². The van der Waals surface area contributed by atoms with Gasteiger partial charge in [-0.3, -0.25) is 0 Å². The lowest BCUT2D eigenvalue weighted by Crippen LogP contribution is -2.40. The fourth-order valence-electron chi connectivity index (χ4n) is 1.93. The van der Waals surface area contributed by atoms with Crippen LogP contribution < -0.4 is 5.73 Å². The summed E-state index contributed by atoms with van der Waals surface area (Å²) in [6, 6.07) is 0. The first-order chi connectivity index (χ1) is 7.51. The predicted octanol–water partition coefficient (Wildman–Crippen LogP) is 1.66. The Labute approximate surface area is 106 Å². The maximum atomic E-state index is 11.8. The summed E-state index contributed by atoms with van der Waals surface area (Å²) in [6.45, 7) is 2.02. The number of nitrogens with two attached hydrogens (primary N) is 1. The van der Waals surface area contributed by atoms with Gasteiger partial charge in [0.1, 0.15) is 6.61 Å². The molecule has 1 saturated heterocycles. The molecule has 3 nitrogen and oxygen atoms in total. The number of ether oxygens (including phenoxy) is 1. The molecule has 1 unspecified atom stereocenters. The topological polar surface area (TPSA) is 38.5 Å². The molecule has 1 aliphatic heterocycles. The molecule has 2 N–H and O–H groups in total. The molecule has 0 aromatic heterocycles. The highest BCUT2D eigenvalue weighted by Gasteiger charge is 2.27. The van der Waals surface area contributed by atoms with E-state index in [0.717, 1.165) is 25.9 Å². The van der Waals surface area contributed by atoms with Gasteiger partial charge in [-0.15, -0.1) is 12.4 Å². The summed E-state index contributed by atoms with van der Waals surface area (Å²) in [5.41, 5.74) is 5.57. The van der Waals surface area contributed by atoms with Crippen molar-refractivity contribution in [2.45, 2.75) is 19.0 Å². The summed E-state index contributed by atoms with van der Waals surface area (Å²) >= 11 is 0. The van der Waals surface area contributed by atoms with E-state index in [-0.39, 0.29) is 19.0 Å². The summed E-state index contributed by atoms with van der Waals surface area (Å²) in [5, 5.41) is 0. The largest absolute Gasteiger partial charge is 0.411 e. The third-order valence-corrected chi connectivity index (χ3v) is 2.75. The first-order valence-corrected chi connectivity index (χ1v) is 5.58. The quantitative estimate of drug-likeness (QED) is 0.776. The van der Waals surface area contributed by atoms with Crippen LogP contribution in [0.1, 0.15) is 12.8 Å². The van der Waals surface area contributed by atoms with Crippen molar-refractivity contribution in [3.05, 3.63) is 0 Å². The molecule has 1 rings (SSSR count). The molecule has 0 bridgehead atoms. The van der Waals surface area contributed by atoms with E-state index in [0.29, 0.717) is 19.0 Å². The van der Waals surface area contributed by atoms with E-state index in [2.05, 4.69) is 9.64 Å². The summed E-state index contributed by atoms with van der Waals surface area (Å²) in [5.74, 6) is 0.483. The van der Waals surface area contributed by atoms with Crippen molar-refractivity contribution in [2.75, 3.05) is 39.4 Å². The first kappa shape index (κ1) is 17.0. The third kappa shape index (κ3) is 7.81. The van der Waals surface area contributed by atoms with Crippen molar-refractivity contribution in [3.63, 3.8) is 0 Å². The van der Waals surface area contributed by atoms with Crippen LogP contribution in [0.25, 0.3) is 0 Å². The lowest BCUT2D eigenvalue weighted by Gasteiger charge is -2.31. The van der Waals surface area contributed by atoms with Crippen molar-refractivity contribution in [1.29, 1.82) is 0 Å². The monoisotopic (exact) mass is 276 g/mol. The minimum absolute atomic E-state index is 0. The van der Waals surface area contributed by atoms with Gasteiger partial charge in [-0.25, -0.2) is 0 Å². The zero-order valence-corrected chi connectivity index (χ0v) is 10.5. The molecule has 0 spiro atoms. The zero-order chi connectivity index (χ0) is 12.0. The molecule has 0 aliphatic carbocycles. The maximum absolute atomic E-state index is 11.8. The van der Waals surface area contributed by atoms with Crippen molar-refractivity contribution in [3.8, 4) is 0 Å². The number of halogens is 4. The van der Waals surface area contributed by atoms with Crippen LogP contribution in [0, 0.1) is 5.92 Å². The molecule has 0 aromatic rings. The van der Waals surface area contributed by atoms with Gasteiger partial charge < -0.3 is 15.4 Å². The fraction of sp³-hybridized carbons (Fsp3) is 1.00. The van der Waals surface area contributed by atoms with Gasteiger partial charge in [0.25, 0.3) is 0 Å². The number of piperidine rings is 1. The van der Waals surface area contributed by atoms with Crippen LogP contribution in [0.3, 0.4) is 0 Å². The Morgan fingerprint density at radius 3 is 2.65 bits per heavy atom. The Morgan fingerprint density at radius 2 is 2.06 bits per heavy atom. The third-order valence-electron chi connectivity index (χ3n) is 2.75. The second-order valence-corrected chi connectivity index (χ2v) is 4.21. The highest BCUT2D eigenvalue weighted by molar-refractivity contribution is 5.85. The van der Waals surface area contributed by atoms with Gasteiger partial charge in [0, 0.05) is 13.1 Å². The molecule has 1 heterocycles. The molecule has 0 aromatic carbocycles. The number of nitrogens with zero attached hydrogens (tertiary/aromatic N) is 1. The average Bonchev–Trinajstić information content (AvgIpc) is 2.23. The van der Waals surface area contributed by atoms with Gasteiger partial charge in [0.2, 0.25) is 0 Å². The number of hydrogen-bond acceptors (Lipinski definition) is 3. The van der Waals surface area contributed by atoms with E-state index in [1.54, 1.807) is 0 Å². The maximum Gasteiger partial charge on any atom is 0.411 e. The molecule has 7 heteroatoms. The summed E-state index contributed by atoms with van der Waals surface area (Å²) in [7, 11) is 0. The lowest BCUT2D eigenvalue weighted by molar-refractivity contribution is -0.174. The normalized spacial score (nSPS) is 22.2. The first-order valence-electron chi connectivity index (χ1n) is 5.58. The lowest BCUT2D eigenvalue weighted by atomic mass is 9.98. The standard InChI is InChI=1S/C10H19F3N2O.ClH/c11-10(12,13)8-16-5-4-15-3-1-2-9(6-14)7-15;/h9H,1-8,14H2;1H. The molecule has 0 saturated carbocycles. The molecule has 0 amide bonds. The summed E-state index contributed by atoms with van der Waals surface area (Å²) in [6.07, 6.45) is -2.03. The van der Waals surface area contributed by atoms with Crippen LogP contribution in [0.2, 0.25) is 0 Å². The van der Waals surface area contributed by atoms with E-state index in [1.807, 2.05) is 0 Å². The van der Waals surface area contributed by atoms with Crippen LogP contribution in [0.5, 0.6) is 0 Å². The number of likely N-dealkylation sites (tertiary alicyclic amines) is 1. The Balaban J connectivity index is 0.00000256. The second-order valence-electron chi connectivity index (χ2n) is 4.21. The minimum Gasteiger partial charge on any atom is -0.371 e. The minimum atomic E-state index is -4.22. The van der Waals surface area contributed by atoms with Gasteiger partial charge in [-0.2, -0.15) is 13.2 Å². The van der Waals surface area contributed by atoms with E-state index in [9.17, 15) is 13.2 Å². The molecule has 0 radical (unpaired) electrons. The Kier molecular flexibility index (Phi) is 8.11. The van der Waals surface area contributed by atoms with Gasteiger partial charge >= 0.3 is 6.18 Å². The molecule has 104 valence electrons. The summed E-state index contributed by atoms with van der Waals surface area (Å²) in [4.78, 5) is 2.12. The van der Waals surface area contributed by atoms with Crippen LogP contribution in [-0.4, -0.2) is 50.5 Å². The SMILES string of the molecule is Cl.NCC1CCCN(CCOCC(F)(F)F)C1. The van der Waals surface area contributed by atoms with E-state index >= 15 is 0 Å². The molecule has 1 atom stereocenters. The molecular weight excluding hydrogens is 257 g/mol. The zero-order valence-electron chi connectivity index (χ0n) is 9.71. The van der Waals surface area contributed by atoms with Crippen LogP contribution >= 0.6 is 12.4 Å².